The van der Waals surface area contributed by atoms with Gasteiger partial charge in [-0.15, -0.1) is 0 Å². The van der Waals surface area contributed by atoms with Crippen LogP contribution < -0.4 is 0 Å². The first-order chi connectivity index (χ1) is 14.7. The third-order valence-electron chi connectivity index (χ3n) is 5.34. The van der Waals surface area contributed by atoms with Gasteiger partial charge in [0.05, 0.1) is 5.69 Å². The molecule has 0 N–H and O–H groups in total. The van der Waals surface area contributed by atoms with Crippen LogP contribution in [0.25, 0.3) is 44.9 Å². The molecule has 2 heterocycles. The van der Waals surface area contributed by atoms with Gasteiger partial charge in [-0.2, -0.15) is 0 Å². The van der Waals surface area contributed by atoms with Crippen LogP contribution >= 0.6 is 0 Å². The molecule has 3 heteroatoms. The van der Waals surface area contributed by atoms with Crippen LogP contribution in [0.3, 0.4) is 0 Å². The third-order valence-corrected chi connectivity index (χ3v) is 5.34. The lowest BCUT2D eigenvalue weighted by molar-refractivity contribution is 0.621. The average Bonchev–Trinajstić information content (AvgIpc) is 3.24. The van der Waals surface area contributed by atoms with E-state index in [4.69, 9.17) is 9.40 Å². The van der Waals surface area contributed by atoms with E-state index in [0.717, 1.165) is 39.0 Å². The molecule has 0 saturated heterocycles. The van der Waals surface area contributed by atoms with Gasteiger partial charge in [-0.3, -0.25) is 4.98 Å². The molecule has 146 valence electrons. The van der Waals surface area contributed by atoms with Gasteiger partial charge in [0, 0.05) is 22.9 Å². The summed E-state index contributed by atoms with van der Waals surface area (Å²) < 4.78 is 6.26. The molecule has 3 nitrogen and oxygen atoms in total. The Labute approximate surface area is 176 Å². The topological polar surface area (TPSA) is 38.9 Å². The van der Waals surface area contributed by atoms with Gasteiger partial charge in [0.15, 0.2) is 5.58 Å². The van der Waals surface area contributed by atoms with E-state index in [2.05, 4.69) is 55.2 Å². The van der Waals surface area contributed by atoms with E-state index in [0.29, 0.717) is 11.8 Å². The highest BCUT2D eigenvalue weighted by Gasteiger charge is 2.16. The summed E-state index contributed by atoms with van der Waals surface area (Å²) in [7, 11) is 0. The monoisotopic (exact) mass is 390 g/mol. The fourth-order valence-electron chi connectivity index (χ4n) is 3.68. The molecule has 0 bridgehead atoms. The first-order valence-electron chi connectivity index (χ1n) is 10.2. The predicted molar refractivity (Wildman–Crippen MR) is 122 cm³/mol. The zero-order chi connectivity index (χ0) is 20.5. The van der Waals surface area contributed by atoms with Gasteiger partial charge in [-0.25, -0.2) is 4.98 Å². The molecule has 5 rings (SSSR count). The van der Waals surface area contributed by atoms with E-state index in [1.807, 2.05) is 54.7 Å². The highest BCUT2D eigenvalue weighted by Crippen LogP contribution is 2.36. The van der Waals surface area contributed by atoms with Gasteiger partial charge in [0.25, 0.3) is 0 Å². The predicted octanol–water partition coefficient (Wildman–Crippen LogP) is 7.35. The molecule has 0 aliphatic carbocycles. The fraction of sp³-hybridized carbons (Fsp3) is 0.111. The second kappa shape index (κ2) is 7.60. The molecule has 0 spiro atoms. The normalized spacial score (nSPS) is 11.3. The summed E-state index contributed by atoms with van der Waals surface area (Å²) in [6.07, 6.45) is 1.88. The maximum atomic E-state index is 6.26. The molecule has 0 saturated carbocycles. The largest absolute Gasteiger partial charge is 0.435 e. The van der Waals surface area contributed by atoms with Crippen LogP contribution in [0.15, 0.2) is 95.5 Å². The first-order valence-corrected chi connectivity index (χ1v) is 10.2. The second-order valence-corrected chi connectivity index (χ2v) is 7.75. The van der Waals surface area contributed by atoms with Crippen molar-refractivity contribution in [1.29, 1.82) is 0 Å². The average molecular weight is 390 g/mol. The number of pyridine rings is 1. The summed E-state index contributed by atoms with van der Waals surface area (Å²) in [5.74, 6) is 1.07. The van der Waals surface area contributed by atoms with Crippen molar-refractivity contribution in [3.8, 4) is 33.8 Å². The molecule has 0 atom stereocenters. The summed E-state index contributed by atoms with van der Waals surface area (Å²) in [5, 5.41) is 0. The summed E-state index contributed by atoms with van der Waals surface area (Å²) in [4.78, 5) is 9.46. The molecule has 30 heavy (non-hydrogen) atoms. The molecule has 5 aromatic rings. The van der Waals surface area contributed by atoms with Crippen LogP contribution in [-0.4, -0.2) is 9.97 Å². The van der Waals surface area contributed by atoms with Crippen LogP contribution in [-0.2, 0) is 0 Å². The Morgan fingerprint density at radius 1 is 0.733 bits per heavy atom. The standard InChI is InChI=1S/C27H22N2O/c1-18(2)21-13-14-28-24(16-21)22-15-23(19-9-5-3-6-10-19)26-25(17-22)29-27(30-26)20-11-7-4-8-12-20/h3-18H,1-2H3. The van der Waals surface area contributed by atoms with E-state index in [9.17, 15) is 0 Å². The Morgan fingerprint density at radius 2 is 1.43 bits per heavy atom. The van der Waals surface area contributed by atoms with E-state index >= 15 is 0 Å². The van der Waals surface area contributed by atoms with Crippen molar-refractivity contribution in [2.75, 3.05) is 0 Å². The smallest absolute Gasteiger partial charge is 0.227 e. The van der Waals surface area contributed by atoms with E-state index < -0.39 is 0 Å². The molecule has 0 aliphatic heterocycles. The maximum Gasteiger partial charge on any atom is 0.227 e. The van der Waals surface area contributed by atoms with Crippen LogP contribution in [0.2, 0.25) is 0 Å². The molecule has 0 unspecified atom stereocenters. The SMILES string of the molecule is CC(C)c1ccnc(-c2cc(-c3ccccc3)c3oc(-c4ccccc4)nc3c2)c1. The Kier molecular flexibility index (Phi) is 4.64. The minimum absolute atomic E-state index is 0.445. The van der Waals surface area contributed by atoms with Gasteiger partial charge >= 0.3 is 0 Å². The highest BCUT2D eigenvalue weighted by molar-refractivity contribution is 5.95. The van der Waals surface area contributed by atoms with Crippen molar-refractivity contribution < 1.29 is 4.42 Å². The molecule has 0 aliphatic rings. The zero-order valence-corrected chi connectivity index (χ0v) is 17.0. The molecule has 0 amide bonds. The summed E-state index contributed by atoms with van der Waals surface area (Å²) in [5.41, 5.74) is 7.97. The molecular formula is C27H22N2O. The van der Waals surface area contributed by atoms with Crippen molar-refractivity contribution in [3.05, 3.63) is 96.7 Å². The quantitative estimate of drug-likeness (QED) is 0.322. The van der Waals surface area contributed by atoms with Crippen LogP contribution in [0.1, 0.15) is 25.3 Å². The second-order valence-electron chi connectivity index (χ2n) is 7.75. The Hall–Kier alpha value is -3.72. The summed E-state index contributed by atoms with van der Waals surface area (Å²) in [6.45, 7) is 4.39. The summed E-state index contributed by atoms with van der Waals surface area (Å²) >= 11 is 0. The van der Waals surface area contributed by atoms with Crippen molar-refractivity contribution in [3.63, 3.8) is 0 Å². The molecular weight excluding hydrogens is 368 g/mol. The van der Waals surface area contributed by atoms with E-state index in [-0.39, 0.29) is 0 Å². The number of nitrogens with zero attached hydrogens (tertiary/aromatic N) is 2. The van der Waals surface area contributed by atoms with Gasteiger partial charge in [-0.05, 0) is 53.4 Å². The third kappa shape index (κ3) is 3.39. The van der Waals surface area contributed by atoms with E-state index in [1.54, 1.807) is 0 Å². The molecule has 2 aromatic heterocycles. The van der Waals surface area contributed by atoms with Crippen molar-refractivity contribution in [2.45, 2.75) is 19.8 Å². The van der Waals surface area contributed by atoms with Crippen molar-refractivity contribution >= 4 is 11.1 Å². The fourth-order valence-corrected chi connectivity index (χ4v) is 3.68. The maximum absolute atomic E-state index is 6.26. The lowest BCUT2D eigenvalue weighted by Gasteiger charge is -2.09. The van der Waals surface area contributed by atoms with Crippen molar-refractivity contribution in [2.24, 2.45) is 0 Å². The molecule has 3 aromatic carbocycles. The van der Waals surface area contributed by atoms with Gasteiger partial charge < -0.3 is 4.42 Å². The minimum Gasteiger partial charge on any atom is -0.435 e. The number of rotatable bonds is 4. The lowest BCUT2D eigenvalue weighted by Crippen LogP contribution is -1.91. The number of fused-ring (bicyclic) bond motifs is 1. The Morgan fingerprint density at radius 3 is 2.13 bits per heavy atom. The minimum atomic E-state index is 0.445. The van der Waals surface area contributed by atoms with Crippen LogP contribution in [0.4, 0.5) is 0 Å². The highest BCUT2D eigenvalue weighted by atomic mass is 16.3. The van der Waals surface area contributed by atoms with Gasteiger partial charge in [0.1, 0.15) is 5.52 Å². The molecule has 0 radical (unpaired) electrons. The number of aromatic nitrogens is 2. The lowest BCUT2D eigenvalue weighted by atomic mass is 9.98. The Balaban J connectivity index is 1.74. The van der Waals surface area contributed by atoms with Gasteiger partial charge in [0.2, 0.25) is 5.89 Å². The number of benzene rings is 3. The van der Waals surface area contributed by atoms with Crippen LogP contribution in [0, 0.1) is 0 Å². The number of hydrogen-bond donors (Lipinski definition) is 0. The Bertz CT molecular complexity index is 1310. The summed E-state index contributed by atoms with van der Waals surface area (Å²) in [6, 6.07) is 28.8. The van der Waals surface area contributed by atoms with Crippen LogP contribution in [0.5, 0.6) is 0 Å². The first kappa shape index (κ1) is 18.3. The van der Waals surface area contributed by atoms with Crippen molar-refractivity contribution in [1.82, 2.24) is 9.97 Å². The van der Waals surface area contributed by atoms with Gasteiger partial charge in [-0.1, -0.05) is 62.4 Å². The molecule has 0 fully saturated rings. The number of hydrogen-bond acceptors (Lipinski definition) is 3. The van der Waals surface area contributed by atoms with E-state index in [1.165, 1.54) is 5.56 Å². The number of oxazole rings is 1. The zero-order valence-electron chi connectivity index (χ0n) is 17.0.